The lowest BCUT2D eigenvalue weighted by atomic mass is 10.0. The number of aliphatic hydroxyl groups is 1. The average molecular weight is 308 g/mol. The molecule has 3 heteroatoms. The Morgan fingerprint density at radius 3 is 2.45 bits per heavy atom. The van der Waals surface area contributed by atoms with E-state index in [-0.39, 0.29) is 6.61 Å². The molecule has 0 saturated heterocycles. The number of ether oxygens (including phenoxy) is 2. The van der Waals surface area contributed by atoms with Crippen molar-refractivity contribution >= 4 is 0 Å². The highest BCUT2D eigenvalue weighted by Crippen LogP contribution is 2.17. The Balaban J connectivity index is 2.23. The van der Waals surface area contributed by atoms with Crippen LogP contribution >= 0.6 is 0 Å². The second-order valence-corrected chi connectivity index (χ2v) is 5.75. The number of benzene rings is 1. The van der Waals surface area contributed by atoms with Gasteiger partial charge in [-0.25, -0.2) is 0 Å². The van der Waals surface area contributed by atoms with Crippen molar-refractivity contribution in [1.29, 1.82) is 0 Å². The lowest BCUT2D eigenvalue weighted by Crippen LogP contribution is -2.22. The molecule has 0 spiro atoms. The molecule has 0 heterocycles. The van der Waals surface area contributed by atoms with Crippen molar-refractivity contribution in [3.63, 3.8) is 0 Å². The van der Waals surface area contributed by atoms with E-state index < -0.39 is 6.29 Å². The van der Waals surface area contributed by atoms with Crippen LogP contribution < -0.4 is 4.74 Å². The van der Waals surface area contributed by atoms with Gasteiger partial charge in [0.15, 0.2) is 0 Å². The summed E-state index contributed by atoms with van der Waals surface area (Å²) in [4.78, 5) is 0. The molecule has 0 aliphatic rings. The summed E-state index contributed by atoms with van der Waals surface area (Å²) < 4.78 is 10.6. The summed E-state index contributed by atoms with van der Waals surface area (Å²) in [6.45, 7) is 4.94. The lowest BCUT2D eigenvalue weighted by Gasteiger charge is -2.14. The molecule has 1 N–H and O–H groups in total. The van der Waals surface area contributed by atoms with E-state index >= 15 is 0 Å². The van der Waals surface area contributed by atoms with Gasteiger partial charge in [-0.2, -0.15) is 0 Å². The fourth-order valence-corrected chi connectivity index (χ4v) is 2.47. The van der Waals surface area contributed by atoms with Crippen LogP contribution in [0.15, 0.2) is 24.3 Å². The van der Waals surface area contributed by atoms with Crippen LogP contribution in [0.1, 0.15) is 64.4 Å². The number of aryl methyl sites for hydroxylation is 1. The minimum atomic E-state index is -0.895. The zero-order valence-electron chi connectivity index (χ0n) is 14.2. The highest BCUT2D eigenvalue weighted by molar-refractivity contribution is 5.28. The van der Waals surface area contributed by atoms with Crippen LogP contribution in [0.5, 0.6) is 5.75 Å². The van der Waals surface area contributed by atoms with Gasteiger partial charge in [0.1, 0.15) is 12.4 Å². The fraction of sp³-hybridized carbons (Fsp3) is 0.684. The molecular formula is C19H32O3. The standard InChI is InChI=1S/C19H32O3/c1-3-5-6-7-8-9-10-12-17-13-11-14-18(15-17)22-19(20)16-21-4-2/h11,13-15,19-20H,3-10,12,16H2,1-2H3. The summed E-state index contributed by atoms with van der Waals surface area (Å²) >= 11 is 0. The van der Waals surface area contributed by atoms with Crippen LogP contribution in [0.2, 0.25) is 0 Å². The van der Waals surface area contributed by atoms with Crippen molar-refractivity contribution in [3.05, 3.63) is 29.8 Å². The van der Waals surface area contributed by atoms with Gasteiger partial charge in [0, 0.05) is 6.61 Å². The normalized spacial score (nSPS) is 12.3. The SMILES string of the molecule is CCCCCCCCCc1cccc(OC(O)COCC)c1. The number of aliphatic hydroxyl groups excluding tert-OH is 1. The van der Waals surface area contributed by atoms with Gasteiger partial charge >= 0.3 is 0 Å². The third-order valence-electron chi connectivity index (χ3n) is 3.70. The number of rotatable bonds is 13. The Hall–Kier alpha value is -1.06. The minimum absolute atomic E-state index is 0.207. The Bertz CT molecular complexity index is 379. The number of hydrogen-bond donors (Lipinski definition) is 1. The quantitative estimate of drug-likeness (QED) is 0.423. The predicted molar refractivity (Wildman–Crippen MR) is 91.3 cm³/mol. The maximum absolute atomic E-state index is 9.69. The zero-order valence-corrected chi connectivity index (χ0v) is 14.2. The second kappa shape index (κ2) is 12.5. The maximum Gasteiger partial charge on any atom is 0.221 e. The molecule has 0 saturated carbocycles. The molecule has 1 aromatic carbocycles. The van der Waals surface area contributed by atoms with Crippen LogP contribution in [0.4, 0.5) is 0 Å². The predicted octanol–water partition coefficient (Wildman–Crippen LogP) is 4.71. The first-order valence-electron chi connectivity index (χ1n) is 8.77. The Labute approximate surface area is 135 Å². The molecule has 0 amide bonds. The molecular weight excluding hydrogens is 276 g/mol. The molecule has 0 radical (unpaired) electrons. The summed E-state index contributed by atoms with van der Waals surface area (Å²) in [5, 5.41) is 9.69. The summed E-state index contributed by atoms with van der Waals surface area (Å²) in [7, 11) is 0. The third kappa shape index (κ3) is 9.06. The summed E-state index contributed by atoms with van der Waals surface area (Å²) in [6.07, 6.45) is 9.44. The maximum atomic E-state index is 9.69. The van der Waals surface area contributed by atoms with E-state index in [4.69, 9.17) is 9.47 Å². The summed E-state index contributed by atoms with van der Waals surface area (Å²) in [5.41, 5.74) is 1.27. The highest BCUT2D eigenvalue weighted by atomic mass is 16.6. The van der Waals surface area contributed by atoms with Crippen LogP contribution in [-0.4, -0.2) is 24.6 Å². The first-order chi connectivity index (χ1) is 10.8. The van der Waals surface area contributed by atoms with Gasteiger partial charge in [0.2, 0.25) is 6.29 Å². The van der Waals surface area contributed by atoms with Crippen molar-refractivity contribution in [2.24, 2.45) is 0 Å². The topological polar surface area (TPSA) is 38.7 Å². The van der Waals surface area contributed by atoms with E-state index in [1.54, 1.807) is 0 Å². The Morgan fingerprint density at radius 1 is 1.00 bits per heavy atom. The summed E-state index contributed by atoms with van der Waals surface area (Å²) in [5.74, 6) is 0.715. The molecule has 126 valence electrons. The molecule has 1 atom stereocenters. The third-order valence-corrected chi connectivity index (χ3v) is 3.70. The number of unbranched alkanes of at least 4 members (excludes halogenated alkanes) is 6. The highest BCUT2D eigenvalue weighted by Gasteiger charge is 2.06. The van der Waals surface area contributed by atoms with E-state index in [0.29, 0.717) is 12.4 Å². The molecule has 0 fully saturated rings. The van der Waals surface area contributed by atoms with E-state index in [2.05, 4.69) is 13.0 Å². The Morgan fingerprint density at radius 2 is 1.73 bits per heavy atom. The molecule has 3 nitrogen and oxygen atoms in total. The molecule has 1 aromatic rings. The lowest BCUT2D eigenvalue weighted by molar-refractivity contribution is -0.0749. The van der Waals surface area contributed by atoms with Crippen molar-refractivity contribution < 1.29 is 14.6 Å². The van der Waals surface area contributed by atoms with Crippen molar-refractivity contribution in [2.45, 2.75) is 71.5 Å². The van der Waals surface area contributed by atoms with Gasteiger partial charge in [0.05, 0.1) is 0 Å². The largest absolute Gasteiger partial charge is 0.463 e. The molecule has 22 heavy (non-hydrogen) atoms. The molecule has 1 rings (SSSR count). The minimum Gasteiger partial charge on any atom is -0.463 e. The monoisotopic (exact) mass is 308 g/mol. The van der Waals surface area contributed by atoms with Crippen molar-refractivity contribution in [1.82, 2.24) is 0 Å². The van der Waals surface area contributed by atoms with Crippen molar-refractivity contribution in [3.8, 4) is 5.75 Å². The Kier molecular flexibility index (Phi) is 10.8. The molecule has 0 aliphatic heterocycles. The van der Waals surface area contributed by atoms with E-state index in [0.717, 1.165) is 6.42 Å². The molecule has 0 aliphatic carbocycles. The van der Waals surface area contributed by atoms with Gasteiger partial charge in [-0.15, -0.1) is 0 Å². The molecule has 0 aromatic heterocycles. The van der Waals surface area contributed by atoms with Gasteiger partial charge < -0.3 is 14.6 Å². The van der Waals surface area contributed by atoms with Gasteiger partial charge in [-0.3, -0.25) is 0 Å². The van der Waals surface area contributed by atoms with E-state index in [9.17, 15) is 5.11 Å². The van der Waals surface area contributed by atoms with Gasteiger partial charge in [-0.05, 0) is 37.5 Å². The first kappa shape index (κ1) is 19.0. The van der Waals surface area contributed by atoms with Crippen LogP contribution in [0.3, 0.4) is 0 Å². The molecule has 1 unspecified atom stereocenters. The average Bonchev–Trinajstić information content (AvgIpc) is 2.52. The van der Waals surface area contributed by atoms with E-state index in [1.165, 1.54) is 50.5 Å². The van der Waals surface area contributed by atoms with E-state index in [1.807, 2.05) is 25.1 Å². The summed E-state index contributed by atoms with van der Waals surface area (Å²) in [6, 6.07) is 8.01. The van der Waals surface area contributed by atoms with Crippen LogP contribution in [-0.2, 0) is 11.2 Å². The zero-order chi connectivity index (χ0) is 16.0. The van der Waals surface area contributed by atoms with Crippen LogP contribution in [0.25, 0.3) is 0 Å². The smallest absolute Gasteiger partial charge is 0.221 e. The van der Waals surface area contributed by atoms with Crippen LogP contribution in [0, 0.1) is 0 Å². The molecule has 0 bridgehead atoms. The number of hydrogen-bond acceptors (Lipinski definition) is 3. The first-order valence-corrected chi connectivity index (χ1v) is 8.77. The van der Waals surface area contributed by atoms with Gasteiger partial charge in [0.25, 0.3) is 0 Å². The van der Waals surface area contributed by atoms with Crippen molar-refractivity contribution in [2.75, 3.05) is 13.2 Å². The fourth-order valence-electron chi connectivity index (χ4n) is 2.47. The van der Waals surface area contributed by atoms with Gasteiger partial charge in [-0.1, -0.05) is 57.6 Å². The second-order valence-electron chi connectivity index (χ2n) is 5.75.